The molecule has 0 saturated carbocycles. The first kappa shape index (κ1) is 7.99. The summed E-state index contributed by atoms with van der Waals surface area (Å²) in [5, 5.41) is 0. The Morgan fingerprint density at radius 1 is 1.20 bits per heavy atom. The average molecular weight is 172 g/mol. The number of carbonyl (C=O) groups is 1. The van der Waals surface area contributed by atoms with Crippen LogP contribution in [0.3, 0.4) is 0 Å². The second-order valence-electron chi connectivity index (χ2n) is 2.54. The molecule has 60 valence electrons. The van der Waals surface area contributed by atoms with Gasteiger partial charge in [0.15, 0.2) is 0 Å². The minimum atomic E-state index is -6.29. The Balaban J connectivity index is 2.84. The van der Waals surface area contributed by atoms with Gasteiger partial charge in [0.05, 0.1) is 0 Å². The van der Waals surface area contributed by atoms with E-state index in [0.29, 0.717) is 6.42 Å². The first-order valence-electron chi connectivity index (χ1n) is 3.10. The van der Waals surface area contributed by atoms with E-state index in [1.807, 2.05) is 0 Å². The van der Waals surface area contributed by atoms with Gasteiger partial charge in [-0.25, -0.2) is 0 Å². The predicted octanol–water partition coefficient (Wildman–Crippen LogP) is 2.90. The van der Waals surface area contributed by atoms with Crippen molar-refractivity contribution in [2.24, 2.45) is 0 Å². The quantitative estimate of drug-likeness (QED) is 0.513. The maximum absolute atomic E-state index is 12.4. The van der Waals surface area contributed by atoms with Crippen molar-refractivity contribution in [3.63, 3.8) is 0 Å². The Morgan fingerprint density at radius 3 is 2.10 bits per heavy atom. The van der Waals surface area contributed by atoms with Gasteiger partial charge in [-0.15, -0.1) is 0 Å². The Morgan fingerprint density at radius 2 is 1.80 bits per heavy atom. The van der Waals surface area contributed by atoms with E-state index in [4.69, 9.17) is 0 Å². The van der Waals surface area contributed by atoms with E-state index in [9.17, 15) is 17.4 Å². The van der Waals surface area contributed by atoms with Crippen molar-refractivity contribution in [3.05, 3.63) is 0 Å². The Bertz CT molecular complexity index is 171. The van der Waals surface area contributed by atoms with Crippen LogP contribution >= 0.6 is 7.54 Å². The zero-order valence-corrected chi connectivity index (χ0v) is 6.21. The van der Waals surface area contributed by atoms with E-state index >= 15 is 0 Å². The molecule has 0 aliphatic carbocycles. The third-order valence-electron chi connectivity index (χ3n) is 1.62. The summed E-state index contributed by atoms with van der Waals surface area (Å²) < 4.78 is 37.2. The fourth-order valence-corrected chi connectivity index (χ4v) is 2.54. The molecule has 1 aliphatic rings. The van der Waals surface area contributed by atoms with Gasteiger partial charge in [-0.3, -0.25) is 0 Å². The molecule has 0 spiro atoms. The van der Waals surface area contributed by atoms with E-state index in [1.54, 1.807) is 0 Å². The SMILES string of the molecule is O=C1CCCCP1(F)(F)F. The minimum absolute atomic E-state index is 0.146. The van der Waals surface area contributed by atoms with Crippen molar-refractivity contribution in [2.75, 3.05) is 6.16 Å². The van der Waals surface area contributed by atoms with Crippen LogP contribution in [-0.2, 0) is 4.79 Å². The average Bonchev–Trinajstić information content (AvgIpc) is 1.76. The van der Waals surface area contributed by atoms with E-state index < -0.39 is 19.2 Å². The molecule has 10 heavy (non-hydrogen) atoms. The van der Waals surface area contributed by atoms with Crippen molar-refractivity contribution in [1.82, 2.24) is 0 Å². The Labute approximate surface area is 56.9 Å². The Kier molecular flexibility index (Phi) is 1.55. The normalized spacial score (nSPS) is 34.3. The molecule has 0 atom stereocenters. The maximum atomic E-state index is 12.4. The van der Waals surface area contributed by atoms with Gasteiger partial charge < -0.3 is 0 Å². The van der Waals surface area contributed by atoms with Crippen LogP contribution in [-0.4, -0.2) is 11.7 Å². The van der Waals surface area contributed by atoms with E-state index in [-0.39, 0.29) is 12.8 Å². The van der Waals surface area contributed by atoms with Crippen molar-refractivity contribution in [2.45, 2.75) is 19.3 Å². The summed E-state index contributed by atoms with van der Waals surface area (Å²) in [6, 6.07) is 0. The summed E-state index contributed by atoms with van der Waals surface area (Å²) in [6.07, 6.45) is -0.534. The van der Waals surface area contributed by atoms with Crippen LogP contribution in [0.5, 0.6) is 0 Å². The number of halogens is 3. The van der Waals surface area contributed by atoms with Crippen molar-refractivity contribution < 1.29 is 17.4 Å². The van der Waals surface area contributed by atoms with Gasteiger partial charge in [-0.05, 0) is 0 Å². The van der Waals surface area contributed by atoms with E-state index in [0.717, 1.165) is 0 Å². The first-order chi connectivity index (χ1) is 4.40. The number of rotatable bonds is 0. The van der Waals surface area contributed by atoms with Gasteiger partial charge in [0.25, 0.3) is 0 Å². The fraction of sp³-hybridized carbons (Fsp3) is 0.800. The predicted molar refractivity (Wildman–Crippen MR) is 34.0 cm³/mol. The molecule has 0 amide bonds. The molecule has 1 rings (SSSR count). The standard InChI is InChI=1S/C5H8F3OP/c6-10(7,8)4-2-1-3-5(10)9/h1-4H2. The zero-order valence-electron chi connectivity index (χ0n) is 5.32. The molecule has 5 heteroatoms. The second kappa shape index (κ2) is 1.94. The van der Waals surface area contributed by atoms with Gasteiger partial charge in [-0.1, -0.05) is 0 Å². The molecular formula is C5H8F3OP. The van der Waals surface area contributed by atoms with Crippen LogP contribution < -0.4 is 0 Å². The van der Waals surface area contributed by atoms with Gasteiger partial charge in [0.1, 0.15) is 0 Å². The van der Waals surface area contributed by atoms with Crippen molar-refractivity contribution >= 4 is 13.1 Å². The molecule has 0 aromatic heterocycles. The second-order valence-corrected chi connectivity index (χ2v) is 5.41. The summed E-state index contributed by atoms with van der Waals surface area (Å²) in [5.74, 6) is 0. The van der Waals surface area contributed by atoms with Crippen molar-refractivity contribution in [1.29, 1.82) is 0 Å². The molecular weight excluding hydrogens is 164 g/mol. The summed E-state index contributed by atoms with van der Waals surface area (Å²) in [7, 11) is -6.29. The molecule has 0 aromatic rings. The van der Waals surface area contributed by atoms with E-state index in [2.05, 4.69) is 0 Å². The van der Waals surface area contributed by atoms with Crippen LogP contribution in [0, 0.1) is 0 Å². The first-order valence-corrected chi connectivity index (χ1v) is 5.20. The van der Waals surface area contributed by atoms with Crippen LogP contribution in [0.15, 0.2) is 0 Å². The summed E-state index contributed by atoms with van der Waals surface area (Å²) >= 11 is 0. The third kappa shape index (κ3) is 1.31. The fourth-order valence-electron chi connectivity index (χ4n) is 0.977. The molecule has 0 radical (unpaired) electrons. The molecule has 1 fully saturated rings. The summed E-state index contributed by atoms with van der Waals surface area (Å²) in [6.45, 7) is 0. The van der Waals surface area contributed by atoms with Crippen LogP contribution in [0.25, 0.3) is 0 Å². The van der Waals surface area contributed by atoms with Gasteiger partial charge in [0.2, 0.25) is 0 Å². The molecule has 1 aliphatic heterocycles. The zero-order chi connectivity index (χ0) is 7.85. The van der Waals surface area contributed by atoms with E-state index in [1.165, 1.54) is 0 Å². The molecule has 1 nitrogen and oxygen atoms in total. The molecule has 0 unspecified atom stereocenters. The summed E-state index contributed by atoms with van der Waals surface area (Å²) in [5.41, 5.74) is -1.43. The molecule has 0 bridgehead atoms. The number of carbonyl (C=O) groups excluding carboxylic acids is 1. The van der Waals surface area contributed by atoms with Gasteiger partial charge in [0, 0.05) is 0 Å². The molecule has 1 heterocycles. The monoisotopic (exact) mass is 172 g/mol. The Hall–Kier alpha value is -0.110. The molecule has 1 saturated heterocycles. The molecule has 0 aromatic carbocycles. The van der Waals surface area contributed by atoms with Crippen molar-refractivity contribution in [3.8, 4) is 0 Å². The topological polar surface area (TPSA) is 17.1 Å². The van der Waals surface area contributed by atoms with Gasteiger partial charge in [-0.2, -0.15) is 0 Å². The third-order valence-corrected chi connectivity index (χ3v) is 3.81. The summed E-state index contributed by atoms with van der Waals surface area (Å²) in [4.78, 5) is 10.4. The van der Waals surface area contributed by atoms with Crippen LogP contribution in [0.2, 0.25) is 0 Å². The number of hydrogen-bond acceptors (Lipinski definition) is 1. The number of hydrogen-bond donors (Lipinski definition) is 0. The van der Waals surface area contributed by atoms with Crippen LogP contribution in [0.4, 0.5) is 12.6 Å². The van der Waals surface area contributed by atoms with Gasteiger partial charge >= 0.3 is 55.9 Å². The molecule has 0 N–H and O–H groups in total. The van der Waals surface area contributed by atoms with Crippen LogP contribution in [0.1, 0.15) is 19.3 Å².